The lowest BCUT2D eigenvalue weighted by Crippen LogP contribution is -2.29. The van der Waals surface area contributed by atoms with Gasteiger partial charge in [-0.25, -0.2) is 4.79 Å². The third-order valence-corrected chi connectivity index (χ3v) is 2.81. The van der Waals surface area contributed by atoms with Crippen LogP contribution < -0.4 is 4.74 Å². The van der Waals surface area contributed by atoms with Crippen LogP contribution in [0.3, 0.4) is 0 Å². The van der Waals surface area contributed by atoms with Gasteiger partial charge >= 0.3 is 6.16 Å². The molecule has 3 nitrogen and oxygen atoms in total. The van der Waals surface area contributed by atoms with Crippen molar-refractivity contribution in [1.82, 2.24) is 0 Å². The Labute approximate surface area is 115 Å². The summed E-state index contributed by atoms with van der Waals surface area (Å²) in [5.41, 5.74) is 0.484. The summed E-state index contributed by atoms with van der Waals surface area (Å²) in [6.45, 7) is 9.56. The number of ether oxygens (including phenoxy) is 2. The normalized spacial score (nSPS) is 10.9. The van der Waals surface area contributed by atoms with Crippen molar-refractivity contribution in [3.8, 4) is 5.75 Å². The van der Waals surface area contributed by atoms with Crippen molar-refractivity contribution in [2.24, 2.45) is 0 Å². The van der Waals surface area contributed by atoms with Gasteiger partial charge in [-0.3, -0.25) is 0 Å². The fraction of sp³-hybridized carbons (Fsp3) is 0.438. The van der Waals surface area contributed by atoms with Crippen LogP contribution in [0.4, 0.5) is 4.79 Å². The van der Waals surface area contributed by atoms with Crippen LogP contribution in [0.25, 0.3) is 6.08 Å². The van der Waals surface area contributed by atoms with E-state index < -0.39 is 11.8 Å². The Hall–Kier alpha value is -1.77. The zero-order valence-electron chi connectivity index (χ0n) is 11.9. The van der Waals surface area contributed by atoms with Crippen LogP contribution in [0.15, 0.2) is 30.8 Å². The van der Waals surface area contributed by atoms with Crippen molar-refractivity contribution in [2.75, 3.05) is 0 Å². The maximum absolute atomic E-state index is 11.7. The van der Waals surface area contributed by atoms with Crippen molar-refractivity contribution in [3.63, 3.8) is 0 Å². The molecule has 0 aliphatic rings. The minimum absolute atomic E-state index is 0.474. The number of unbranched alkanes of at least 4 members (excludes halogenated alkanes) is 1. The van der Waals surface area contributed by atoms with E-state index in [1.807, 2.05) is 26.0 Å². The van der Waals surface area contributed by atoms with E-state index in [9.17, 15) is 4.79 Å². The highest BCUT2D eigenvalue weighted by molar-refractivity contribution is 5.64. The fourth-order valence-electron chi connectivity index (χ4n) is 1.67. The number of carbonyl (C=O) groups excluding carboxylic acids is 1. The molecule has 1 rings (SSSR count). The second-order valence-electron chi connectivity index (χ2n) is 5.09. The molecule has 0 fully saturated rings. The number of hydrogen-bond acceptors (Lipinski definition) is 3. The van der Waals surface area contributed by atoms with Crippen LogP contribution in [0.2, 0.25) is 0 Å². The Kier molecular flexibility index (Phi) is 5.61. The molecule has 0 radical (unpaired) electrons. The van der Waals surface area contributed by atoms with E-state index in [0.29, 0.717) is 5.75 Å². The number of carbonyl (C=O) groups is 1. The summed E-state index contributed by atoms with van der Waals surface area (Å²) >= 11 is 0. The molecule has 0 N–H and O–H groups in total. The SMILES string of the molecule is C=Cc1ccc(OC(=O)OC(C)(C)CCCC)cc1. The van der Waals surface area contributed by atoms with Gasteiger partial charge in [-0.05, 0) is 44.4 Å². The molecule has 3 heteroatoms. The van der Waals surface area contributed by atoms with Gasteiger partial charge in [0.2, 0.25) is 0 Å². The molecule has 0 aromatic heterocycles. The van der Waals surface area contributed by atoms with Gasteiger partial charge in [0, 0.05) is 0 Å². The molecule has 0 amide bonds. The van der Waals surface area contributed by atoms with Crippen molar-refractivity contribution >= 4 is 12.2 Å². The molecule has 19 heavy (non-hydrogen) atoms. The maximum atomic E-state index is 11.7. The second-order valence-corrected chi connectivity index (χ2v) is 5.09. The number of rotatable bonds is 6. The predicted octanol–water partition coefficient (Wildman–Crippen LogP) is 4.81. The summed E-state index contributed by atoms with van der Waals surface area (Å²) < 4.78 is 10.5. The number of benzene rings is 1. The first-order valence-corrected chi connectivity index (χ1v) is 6.60. The summed E-state index contributed by atoms with van der Waals surface area (Å²) in [5.74, 6) is 0.474. The smallest absolute Gasteiger partial charge is 0.428 e. The van der Waals surface area contributed by atoms with Gasteiger partial charge in [0.1, 0.15) is 11.4 Å². The largest absolute Gasteiger partial charge is 0.514 e. The topological polar surface area (TPSA) is 35.5 Å². The Balaban J connectivity index is 2.52. The van der Waals surface area contributed by atoms with Gasteiger partial charge in [-0.15, -0.1) is 0 Å². The van der Waals surface area contributed by atoms with Crippen LogP contribution in [-0.2, 0) is 4.74 Å². The van der Waals surface area contributed by atoms with E-state index in [2.05, 4.69) is 13.5 Å². The van der Waals surface area contributed by atoms with E-state index in [1.54, 1.807) is 18.2 Å². The van der Waals surface area contributed by atoms with Crippen LogP contribution in [0.1, 0.15) is 45.6 Å². The van der Waals surface area contributed by atoms with Gasteiger partial charge in [-0.1, -0.05) is 38.1 Å². The zero-order chi connectivity index (χ0) is 14.3. The van der Waals surface area contributed by atoms with Crippen LogP contribution in [0, 0.1) is 0 Å². The summed E-state index contributed by atoms with van der Waals surface area (Å²) in [4.78, 5) is 11.7. The molecular weight excluding hydrogens is 240 g/mol. The van der Waals surface area contributed by atoms with Gasteiger partial charge in [0.25, 0.3) is 0 Å². The van der Waals surface area contributed by atoms with Crippen molar-refractivity contribution < 1.29 is 14.3 Å². The minimum Gasteiger partial charge on any atom is -0.428 e. The van der Waals surface area contributed by atoms with E-state index in [-0.39, 0.29) is 0 Å². The lowest BCUT2D eigenvalue weighted by atomic mass is 10.0. The van der Waals surface area contributed by atoms with Gasteiger partial charge in [-0.2, -0.15) is 0 Å². The van der Waals surface area contributed by atoms with Crippen molar-refractivity contribution in [3.05, 3.63) is 36.4 Å². The second kappa shape index (κ2) is 6.98. The molecule has 104 valence electrons. The predicted molar refractivity (Wildman–Crippen MR) is 77.2 cm³/mol. The lowest BCUT2D eigenvalue weighted by Gasteiger charge is -2.24. The van der Waals surface area contributed by atoms with E-state index in [4.69, 9.17) is 9.47 Å². The van der Waals surface area contributed by atoms with Crippen LogP contribution in [0.5, 0.6) is 5.75 Å². The highest BCUT2D eigenvalue weighted by Crippen LogP contribution is 2.20. The fourth-order valence-corrected chi connectivity index (χ4v) is 1.67. The standard InChI is InChI=1S/C16H22O3/c1-5-7-12-16(3,4)19-15(17)18-14-10-8-13(6-2)9-11-14/h6,8-11H,2,5,7,12H2,1,3-4H3. The summed E-state index contributed by atoms with van der Waals surface area (Å²) in [6.07, 6.45) is 4.00. The van der Waals surface area contributed by atoms with E-state index in [1.165, 1.54) is 0 Å². The first-order chi connectivity index (χ1) is 8.96. The Morgan fingerprint density at radius 1 is 1.32 bits per heavy atom. The molecule has 0 unspecified atom stereocenters. The quantitative estimate of drug-likeness (QED) is 0.545. The number of hydrogen-bond donors (Lipinski definition) is 0. The average Bonchev–Trinajstić information content (AvgIpc) is 2.36. The molecule has 1 aromatic rings. The molecule has 0 saturated heterocycles. The van der Waals surface area contributed by atoms with Gasteiger partial charge in [0.15, 0.2) is 0 Å². The maximum Gasteiger partial charge on any atom is 0.514 e. The van der Waals surface area contributed by atoms with Gasteiger partial charge in [0.05, 0.1) is 0 Å². The molecule has 0 spiro atoms. The molecule has 0 atom stereocenters. The Bertz CT molecular complexity index is 418. The molecule has 0 heterocycles. The van der Waals surface area contributed by atoms with Crippen LogP contribution >= 0.6 is 0 Å². The first-order valence-electron chi connectivity index (χ1n) is 6.60. The van der Waals surface area contributed by atoms with Crippen molar-refractivity contribution in [1.29, 1.82) is 0 Å². The Morgan fingerprint density at radius 3 is 2.47 bits per heavy atom. The van der Waals surface area contributed by atoms with E-state index in [0.717, 1.165) is 24.8 Å². The average molecular weight is 262 g/mol. The Morgan fingerprint density at radius 2 is 1.95 bits per heavy atom. The summed E-state index contributed by atoms with van der Waals surface area (Å²) in [5, 5.41) is 0. The molecule has 0 saturated carbocycles. The minimum atomic E-state index is -0.660. The molecule has 0 bridgehead atoms. The third-order valence-electron chi connectivity index (χ3n) is 2.81. The highest BCUT2D eigenvalue weighted by atomic mass is 16.7. The van der Waals surface area contributed by atoms with Gasteiger partial charge < -0.3 is 9.47 Å². The van der Waals surface area contributed by atoms with E-state index >= 15 is 0 Å². The van der Waals surface area contributed by atoms with Crippen LogP contribution in [-0.4, -0.2) is 11.8 Å². The first kappa shape index (κ1) is 15.3. The zero-order valence-corrected chi connectivity index (χ0v) is 11.9. The molecular formula is C16H22O3. The monoisotopic (exact) mass is 262 g/mol. The molecule has 1 aromatic carbocycles. The molecule has 0 aliphatic carbocycles. The summed E-state index contributed by atoms with van der Waals surface area (Å²) in [6, 6.07) is 7.10. The lowest BCUT2D eigenvalue weighted by molar-refractivity contribution is 0.00302. The summed E-state index contributed by atoms with van der Waals surface area (Å²) in [7, 11) is 0. The molecule has 0 aliphatic heterocycles. The highest BCUT2D eigenvalue weighted by Gasteiger charge is 2.23. The third kappa shape index (κ3) is 5.60. The van der Waals surface area contributed by atoms with Crippen molar-refractivity contribution in [2.45, 2.75) is 45.6 Å².